The molecule has 40 heavy (non-hydrogen) atoms. The van der Waals surface area contributed by atoms with Crippen LogP contribution < -0.4 is 19.8 Å². The van der Waals surface area contributed by atoms with Crippen molar-refractivity contribution in [1.82, 2.24) is 4.57 Å². The molecule has 204 valence electrons. The van der Waals surface area contributed by atoms with E-state index in [0.29, 0.717) is 51.0 Å². The van der Waals surface area contributed by atoms with E-state index in [-0.39, 0.29) is 17.7 Å². The topological polar surface area (TPSA) is 86.3 Å². The third kappa shape index (κ3) is 4.91. The van der Waals surface area contributed by atoms with E-state index in [2.05, 4.69) is 4.90 Å². The molecule has 2 aliphatic heterocycles. The molecule has 0 bridgehead atoms. The largest absolute Gasteiger partial charge is 0.463 e. The second-order valence-electron chi connectivity index (χ2n) is 9.26. The molecule has 2 aliphatic rings. The SMILES string of the molecule is CCOC(=O)C1=C(c2ccccc2)N=c2s/c(=C\c3ccc(N4CCOCC4)o3)c(=O)n2[C@H]1c1ccc(F)cc1. The Morgan fingerprint density at radius 1 is 1.10 bits per heavy atom. The van der Waals surface area contributed by atoms with Gasteiger partial charge in [-0.15, -0.1) is 0 Å². The van der Waals surface area contributed by atoms with Crippen LogP contribution in [0.25, 0.3) is 11.8 Å². The third-order valence-corrected chi connectivity index (χ3v) is 7.75. The standard InChI is InChI=1S/C30H26FN3O5S/c1-2-38-29(36)25-26(19-6-4-3-5-7-19)32-30-34(27(25)20-8-10-21(31)11-9-20)28(35)23(40-30)18-22-12-13-24(39-22)33-14-16-37-17-15-33/h3-13,18,27H,2,14-17H2,1H3/b23-18-/t27-/m0/s1. The average Bonchev–Trinajstić information content (AvgIpc) is 3.58. The Hall–Kier alpha value is -4.28. The number of carbonyl (C=O) groups is 1. The van der Waals surface area contributed by atoms with Gasteiger partial charge < -0.3 is 18.8 Å². The first-order valence-electron chi connectivity index (χ1n) is 13.0. The van der Waals surface area contributed by atoms with E-state index >= 15 is 0 Å². The van der Waals surface area contributed by atoms with Crippen molar-refractivity contribution < 1.29 is 23.1 Å². The molecule has 0 N–H and O–H groups in total. The van der Waals surface area contributed by atoms with Crippen LogP contribution in [0.4, 0.5) is 10.3 Å². The normalized spacial score (nSPS) is 17.5. The number of furan rings is 1. The monoisotopic (exact) mass is 559 g/mol. The number of aromatic nitrogens is 1. The van der Waals surface area contributed by atoms with Crippen molar-refractivity contribution in [3.8, 4) is 0 Å². The number of esters is 1. The van der Waals surface area contributed by atoms with Gasteiger partial charge in [0, 0.05) is 30.8 Å². The van der Waals surface area contributed by atoms with Crippen molar-refractivity contribution in [2.75, 3.05) is 37.8 Å². The van der Waals surface area contributed by atoms with Gasteiger partial charge in [-0.3, -0.25) is 9.36 Å². The van der Waals surface area contributed by atoms with Crippen LogP contribution in [0.2, 0.25) is 0 Å². The molecule has 4 aromatic rings. The summed E-state index contributed by atoms with van der Waals surface area (Å²) in [5.41, 5.74) is 1.56. The number of fused-ring (bicyclic) bond motifs is 1. The minimum Gasteiger partial charge on any atom is -0.463 e. The molecule has 1 saturated heterocycles. The summed E-state index contributed by atoms with van der Waals surface area (Å²) in [6.45, 7) is 4.58. The highest BCUT2D eigenvalue weighted by atomic mass is 32.1. The first kappa shape index (κ1) is 26.0. The number of anilines is 1. The van der Waals surface area contributed by atoms with Crippen LogP contribution in [0.15, 0.2) is 86.5 Å². The highest BCUT2D eigenvalue weighted by molar-refractivity contribution is 7.07. The van der Waals surface area contributed by atoms with Crippen LogP contribution in [-0.2, 0) is 14.3 Å². The Morgan fingerprint density at radius 3 is 2.58 bits per heavy atom. The number of hydrogen-bond acceptors (Lipinski definition) is 8. The quantitative estimate of drug-likeness (QED) is 0.336. The fourth-order valence-corrected chi connectivity index (χ4v) is 5.88. The number of thiazole rings is 1. The summed E-state index contributed by atoms with van der Waals surface area (Å²) >= 11 is 1.20. The minimum atomic E-state index is -0.867. The highest BCUT2D eigenvalue weighted by Crippen LogP contribution is 2.35. The van der Waals surface area contributed by atoms with Crippen molar-refractivity contribution >= 4 is 35.0 Å². The van der Waals surface area contributed by atoms with E-state index in [0.717, 1.165) is 13.1 Å². The van der Waals surface area contributed by atoms with Crippen molar-refractivity contribution in [3.63, 3.8) is 0 Å². The maximum atomic E-state index is 13.9. The number of nitrogens with zero attached hydrogens (tertiary/aromatic N) is 3. The lowest BCUT2D eigenvalue weighted by atomic mass is 9.93. The Balaban J connectivity index is 1.54. The van der Waals surface area contributed by atoms with Gasteiger partial charge in [-0.2, -0.15) is 0 Å². The van der Waals surface area contributed by atoms with E-state index in [9.17, 15) is 14.0 Å². The summed E-state index contributed by atoms with van der Waals surface area (Å²) in [4.78, 5) is 34.7. The molecule has 0 radical (unpaired) electrons. The summed E-state index contributed by atoms with van der Waals surface area (Å²) in [5, 5.41) is 0. The molecule has 2 aromatic heterocycles. The predicted octanol–water partition coefficient (Wildman–Crippen LogP) is 3.50. The maximum absolute atomic E-state index is 13.9. The van der Waals surface area contributed by atoms with Gasteiger partial charge >= 0.3 is 5.97 Å². The molecule has 0 amide bonds. The molecule has 6 rings (SSSR count). The van der Waals surface area contributed by atoms with Gasteiger partial charge in [0.25, 0.3) is 5.56 Å². The summed E-state index contributed by atoms with van der Waals surface area (Å²) in [5.74, 6) is 0.227. The second-order valence-corrected chi connectivity index (χ2v) is 10.3. The third-order valence-electron chi connectivity index (χ3n) is 6.77. The Bertz CT molecular complexity index is 1750. The van der Waals surface area contributed by atoms with Crippen molar-refractivity contribution in [2.45, 2.75) is 13.0 Å². The van der Waals surface area contributed by atoms with Gasteiger partial charge in [-0.1, -0.05) is 53.8 Å². The molecule has 4 heterocycles. The highest BCUT2D eigenvalue weighted by Gasteiger charge is 2.35. The van der Waals surface area contributed by atoms with Crippen molar-refractivity contribution in [2.24, 2.45) is 4.99 Å². The van der Waals surface area contributed by atoms with Crippen LogP contribution in [0.5, 0.6) is 0 Å². The number of morpholine rings is 1. The molecule has 2 aromatic carbocycles. The number of hydrogen-bond donors (Lipinski definition) is 0. The molecule has 0 aliphatic carbocycles. The zero-order chi connectivity index (χ0) is 27.6. The number of rotatable bonds is 6. The average molecular weight is 560 g/mol. The number of halogens is 1. The van der Waals surface area contributed by atoms with E-state index in [1.54, 1.807) is 25.1 Å². The summed E-state index contributed by atoms with van der Waals surface area (Å²) < 4.78 is 32.7. The summed E-state index contributed by atoms with van der Waals surface area (Å²) in [6, 6.07) is 17.9. The lowest BCUT2D eigenvalue weighted by Crippen LogP contribution is -2.40. The van der Waals surface area contributed by atoms with E-state index in [4.69, 9.17) is 18.9 Å². The molecule has 8 nitrogen and oxygen atoms in total. The smallest absolute Gasteiger partial charge is 0.338 e. The van der Waals surface area contributed by atoms with Gasteiger partial charge in [-0.25, -0.2) is 14.2 Å². The number of benzene rings is 2. The van der Waals surface area contributed by atoms with Crippen LogP contribution in [0, 0.1) is 5.82 Å². The van der Waals surface area contributed by atoms with Gasteiger partial charge in [0.05, 0.1) is 41.7 Å². The molecular weight excluding hydrogens is 533 g/mol. The van der Waals surface area contributed by atoms with Crippen LogP contribution in [0.3, 0.4) is 0 Å². The first-order chi connectivity index (χ1) is 19.5. The van der Waals surface area contributed by atoms with Crippen molar-refractivity contribution in [3.05, 3.63) is 115 Å². The Kier molecular flexibility index (Phi) is 7.19. The van der Waals surface area contributed by atoms with Crippen LogP contribution >= 0.6 is 11.3 Å². The molecule has 1 fully saturated rings. The molecule has 1 atom stereocenters. The zero-order valence-corrected chi connectivity index (χ0v) is 22.5. The Morgan fingerprint density at radius 2 is 1.85 bits per heavy atom. The lowest BCUT2D eigenvalue weighted by Gasteiger charge is -2.26. The predicted molar refractivity (Wildman–Crippen MR) is 149 cm³/mol. The van der Waals surface area contributed by atoms with Gasteiger partial charge in [0.15, 0.2) is 10.7 Å². The molecule has 0 spiro atoms. The van der Waals surface area contributed by atoms with E-state index in [1.165, 1.54) is 28.0 Å². The Labute approximate surface area is 232 Å². The second kappa shape index (κ2) is 11.1. The molecular formula is C30H26FN3O5S. The maximum Gasteiger partial charge on any atom is 0.338 e. The van der Waals surface area contributed by atoms with Crippen molar-refractivity contribution in [1.29, 1.82) is 0 Å². The molecule has 0 unspecified atom stereocenters. The fraction of sp³-hybridized carbons (Fsp3) is 0.233. The van der Waals surface area contributed by atoms with Gasteiger partial charge in [0.2, 0.25) is 0 Å². The van der Waals surface area contributed by atoms with E-state index < -0.39 is 17.8 Å². The van der Waals surface area contributed by atoms with Crippen LogP contribution in [-0.4, -0.2) is 43.4 Å². The van der Waals surface area contributed by atoms with E-state index in [1.807, 2.05) is 42.5 Å². The summed E-state index contributed by atoms with van der Waals surface area (Å²) in [6.07, 6.45) is 1.69. The van der Waals surface area contributed by atoms with Gasteiger partial charge in [-0.05, 0) is 30.7 Å². The first-order valence-corrected chi connectivity index (χ1v) is 13.8. The molecule has 10 heteroatoms. The number of ether oxygens (including phenoxy) is 2. The fourth-order valence-electron chi connectivity index (χ4n) is 4.90. The zero-order valence-electron chi connectivity index (χ0n) is 21.7. The minimum absolute atomic E-state index is 0.148. The molecule has 0 saturated carbocycles. The lowest BCUT2D eigenvalue weighted by molar-refractivity contribution is -0.138. The van der Waals surface area contributed by atoms with Crippen LogP contribution in [0.1, 0.15) is 29.9 Å². The van der Waals surface area contributed by atoms with Gasteiger partial charge in [0.1, 0.15) is 11.6 Å². The summed E-state index contributed by atoms with van der Waals surface area (Å²) in [7, 11) is 0. The number of carbonyl (C=O) groups excluding carboxylic acids is 1.